The van der Waals surface area contributed by atoms with E-state index in [0.717, 1.165) is 37.9 Å². The minimum absolute atomic E-state index is 0.0236. The summed E-state index contributed by atoms with van der Waals surface area (Å²) >= 11 is 0. The first-order chi connectivity index (χ1) is 13.7. The van der Waals surface area contributed by atoms with E-state index in [1.807, 2.05) is 11.0 Å². The summed E-state index contributed by atoms with van der Waals surface area (Å²) in [5.41, 5.74) is 0.534. The highest BCUT2D eigenvalue weighted by Gasteiger charge is 2.54. The van der Waals surface area contributed by atoms with Gasteiger partial charge >= 0.3 is 6.03 Å². The Morgan fingerprint density at radius 1 is 1.38 bits per heavy atom. The zero-order valence-corrected chi connectivity index (χ0v) is 17.7. The van der Waals surface area contributed by atoms with Crippen LogP contribution in [0.3, 0.4) is 0 Å². The number of amides is 3. The third-order valence-corrected chi connectivity index (χ3v) is 6.50. The van der Waals surface area contributed by atoms with E-state index in [4.69, 9.17) is 0 Å². The van der Waals surface area contributed by atoms with Crippen LogP contribution in [0.2, 0.25) is 0 Å². The van der Waals surface area contributed by atoms with Gasteiger partial charge in [0.05, 0.1) is 5.60 Å². The molecule has 1 unspecified atom stereocenters. The van der Waals surface area contributed by atoms with Crippen LogP contribution in [-0.2, 0) is 4.79 Å². The Bertz CT molecular complexity index is 699. The van der Waals surface area contributed by atoms with Gasteiger partial charge in [0, 0.05) is 51.6 Å². The average Bonchev–Trinajstić information content (AvgIpc) is 3.12. The molecule has 29 heavy (non-hydrogen) atoms. The van der Waals surface area contributed by atoms with E-state index >= 15 is 0 Å². The van der Waals surface area contributed by atoms with Crippen LogP contribution in [0.4, 0.5) is 4.79 Å². The lowest BCUT2D eigenvalue weighted by molar-refractivity contribution is -0.134. The first-order valence-corrected chi connectivity index (χ1v) is 10.6. The van der Waals surface area contributed by atoms with Crippen LogP contribution in [-0.4, -0.2) is 71.4 Å². The van der Waals surface area contributed by atoms with Gasteiger partial charge in [-0.15, -0.1) is 0 Å². The number of rotatable bonds is 7. The average molecular weight is 403 g/mol. The van der Waals surface area contributed by atoms with E-state index in [1.54, 1.807) is 25.0 Å². The fraction of sp³-hybridized carbons (Fsp3) is 0.682. The van der Waals surface area contributed by atoms with Gasteiger partial charge in [0.25, 0.3) is 0 Å². The molecule has 160 valence electrons. The van der Waals surface area contributed by atoms with Gasteiger partial charge in [-0.05, 0) is 56.4 Å². The fourth-order valence-corrected chi connectivity index (χ4v) is 4.40. The quantitative estimate of drug-likeness (QED) is 0.641. The number of carbonyl (C=O) groups excluding carboxylic acids is 2. The van der Waals surface area contributed by atoms with E-state index < -0.39 is 5.60 Å². The maximum absolute atomic E-state index is 12.4. The van der Waals surface area contributed by atoms with Gasteiger partial charge in [-0.3, -0.25) is 9.79 Å². The van der Waals surface area contributed by atoms with Crippen molar-refractivity contribution in [2.45, 2.75) is 51.6 Å². The molecule has 7 heteroatoms. The van der Waals surface area contributed by atoms with Gasteiger partial charge in [-0.25, -0.2) is 4.79 Å². The predicted molar refractivity (Wildman–Crippen MR) is 114 cm³/mol. The Morgan fingerprint density at radius 2 is 2.10 bits per heavy atom. The topological polar surface area (TPSA) is 85.2 Å². The summed E-state index contributed by atoms with van der Waals surface area (Å²) in [4.78, 5) is 32.5. The number of aliphatic hydroxyl groups is 1. The van der Waals surface area contributed by atoms with Crippen molar-refractivity contribution in [3.63, 3.8) is 0 Å². The molecule has 7 nitrogen and oxygen atoms in total. The lowest BCUT2D eigenvalue weighted by Gasteiger charge is -2.33. The Balaban J connectivity index is 1.35. The highest BCUT2D eigenvalue weighted by Crippen LogP contribution is 2.59. The Labute approximate surface area is 173 Å². The maximum atomic E-state index is 12.4. The van der Waals surface area contributed by atoms with E-state index in [9.17, 15) is 14.7 Å². The van der Waals surface area contributed by atoms with Crippen LogP contribution in [0.5, 0.6) is 0 Å². The summed E-state index contributed by atoms with van der Waals surface area (Å²) in [6.07, 6.45) is 9.29. The van der Waals surface area contributed by atoms with E-state index in [-0.39, 0.29) is 11.9 Å². The molecule has 0 radical (unpaired) electrons. The zero-order chi connectivity index (χ0) is 21.1. The predicted octanol–water partition coefficient (Wildman–Crippen LogP) is 2.33. The lowest BCUT2D eigenvalue weighted by Crippen LogP contribution is -2.42. The third-order valence-electron chi connectivity index (χ3n) is 6.50. The number of carbonyl (C=O) groups is 2. The molecule has 1 saturated carbocycles. The van der Waals surface area contributed by atoms with Crippen molar-refractivity contribution < 1.29 is 14.7 Å². The standard InChI is InChI=1S/C22H34N4O3/c1-4-23-14-17-6-10-26(16-17)20(28)24-15-18-13-22(18)8-11-25(12-9-22)19(27)5-7-21(2,3)29/h4,6,14,18,29H,1,5,7-13,15-16H2,2-3H3,(H,24,28)/b23-14-. The van der Waals surface area contributed by atoms with Crippen molar-refractivity contribution in [2.24, 2.45) is 16.3 Å². The smallest absolute Gasteiger partial charge is 0.317 e. The molecule has 0 aromatic carbocycles. The largest absolute Gasteiger partial charge is 0.390 e. The number of nitrogens with one attached hydrogen (secondary N) is 1. The summed E-state index contributed by atoms with van der Waals surface area (Å²) in [5.74, 6) is 0.655. The summed E-state index contributed by atoms with van der Waals surface area (Å²) in [6, 6.07) is -0.0236. The first-order valence-electron chi connectivity index (χ1n) is 10.6. The van der Waals surface area contributed by atoms with Gasteiger partial charge in [-0.1, -0.05) is 12.7 Å². The van der Waals surface area contributed by atoms with Gasteiger partial charge in [0.2, 0.25) is 5.91 Å². The maximum Gasteiger partial charge on any atom is 0.317 e. The van der Waals surface area contributed by atoms with E-state index in [2.05, 4.69) is 16.9 Å². The normalized spacial score (nSPS) is 23.4. The molecular formula is C22H34N4O3. The third kappa shape index (κ3) is 5.69. The second kappa shape index (κ2) is 8.69. The highest BCUT2D eigenvalue weighted by molar-refractivity contribution is 5.84. The van der Waals surface area contributed by atoms with Crippen LogP contribution in [0.1, 0.15) is 46.0 Å². The van der Waals surface area contributed by atoms with Gasteiger partial charge in [0.1, 0.15) is 0 Å². The van der Waals surface area contributed by atoms with Crippen LogP contribution in [0.15, 0.2) is 29.4 Å². The molecule has 2 N–H and O–H groups in total. The molecule has 0 bridgehead atoms. The molecule has 3 aliphatic rings. The summed E-state index contributed by atoms with van der Waals surface area (Å²) in [6.45, 7) is 10.5. The summed E-state index contributed by atoms with van der Waals surface area (Å²) in [7, 11) is 0. The van der Waals surface area contributed by atoms with Crippen LogP contribution in [0, 0.1) is 11.3 Å². The van der Waals surface area contributed by atoms with E-state index in [1.165, 1.54) is 6.20 Å². The molecule has 2 aliphatic heterocycles. The SMILES string of the molecule is C=C/N=C\C1=CCN(C(=O)NCC2CC23CCN(C(=O)CCC(C)(C)O)CC3)C1. The number of likely N-dealkylation sites (tertiary alicyclic amines) is 1. The Morgan fingerprint density at radius 3 is 2.76 bits per heavy atom. The molecule has 3 rings (SSSR count). The molecule has 1 saturated heterocycles. The minimum atomic E-state index is -0.795. The first kappa shape index (κ1) is 21.6. The molecule has 3 amide bonds. The number of piperidine rings is 1. The molecular weight excluding hydrogens is 368 g/mol. The molecule has 1 spiro atoms. The van der Waals surface area contributed by atoms with Crippen molar-refractivity contribution in [1.29, 1.82) is 0 Å². The number of hydrogen-bond acceptors (Lipinski definition) is 4. The fourth-order valence-electron chi connectivity index (χ4n) is 4.40. The summed E-state index contributed by atoms with van der Waals surface area (Å²) < 4.78 is 0. The Hall–Kier alpha value is -2.15. The number of hydrogen-bond donors (Lipinski definition) is 2. The lowest BCUT2D eigenvalue weighted by atomic mass is 9.90. The number of nitrogens with zero attached hydrogens (tertiary/aromatic N) is 3. The monoisotopic (exact) mass is 402 g/mol. The molecule has 1 atom stereocenters. The molecule has 0 aromatic rings. The van der Waals surface area contributed by atoms with Crippen molar-refractivity contribution >= 4 is 18.2 Å². The molecule has 1 aliphatic carbocycles. The molecule has 2 heterocycles. The second-order valence-corrected chi connectivity index (χ2v) is 9.26. The van der Waals surface area contributed by atoms with Gasteiger partial charge < -0.3 is 20.2 Å². The van der Waals surface area contributed by atoms with Crippen molar-refractivity contribution in [1.82, 2.24) is 15.1 Å². The van der Waals surface area contributed by atoms with Crippen molar-refractivity contribution in [3.05, 3.63) is 24.4 Å². The van der Waals surface area contributed by atoms with Crippen LogP contribution >= 0.6 is 0 Å². The zero-order valence-electron chi connectivity index (χ0n) is 17.7. The summed E-state index contributed by atoms with van der Waals surface area (Å²) in [5, 5.41) is 12.9. The van der Waals surface area contributed by atoms with Crippen molar-refractivity contribution in [3.8, 4) is 0 Å². The number of urea groups is 1. The molecule has 0 aromatic heterocycles. The van der Waals surface area contributed by atoms with Crippen LogP contribution < -0.4 is 5.32 Å². The van der Waals surface area contributed by atoms with E-state index in [0.29, 0.717) is 43.8 Å². The highest BCUT2D eigenvalue weighted by atomic mass is 16.3. The van der Waals surface area contributed by atoms with Gasteiger partial charge in [0.15, 0.2) is 0 Å². The minimum Gasteiger partial charge on any atom is -0.390 e. The Kier molecular flexibility index (Phi) is 6.46. The second-order valence-electron chi connectivity index (χ2n) is 9.26. The van der Waals surface area contributed by atoms with Gasteiger partial charge in [-0.2, -0.15) is 0 Å². The number of aliphatic imine (C=N–C) groups is 1. The molecule has 2 fully saturated rings. The van der Waals surface area contributed by atoms with Crippen LogP contribution in [0.25, 0.3) is 0 Å². The van der Waals surface area contributed by atoms with Crippen molar-refractivity contribution in [2.75, 3.05) is 32.7 Å².